The molecule has 108 valence electrons. The Morgan fingerprint density at radius 1 is 1.25 bits per heavy atom. The van der Waals surface area contributed by atoms with Crippen LogP contribution in [0.4, 0.5) is 5.95 Å². The first-order valence-electron chi connectivity index (χ1n) is 6.67. The number of aromatic nitrogens is 5. The first kappa shape index (κ1) is 14.2. The predicted molar refractivity (Wildman–Crippen MR) is 76.0 cm³/mol. The molecule has 20 heavy (non-hydrogen) atoms. The molecule has 0 bridgehead atoms. The maximum atomic E-state index is 5.77. The second-order valence-electron chi connectivity index (χ2n) is 5.02. The molecule has 0 spiro atoms. The minimum atomic E-state index is 0.0535. The summed E-state index contributed by atoms with van der Waals surface area (Å²) in [6.45, 7) is 6.33. The number of hydrogen-bond donors (Lipinski definition) is 1. The van der Waals surface area contributed by atoms with Crippen molar-refractivity contribution in [2.24, 2.45) is 5.92 Å². The Hall–Kier alpha value is -2.18. The molecule has 0 aliphatic rings. The number of ether oxygens (including phenoxy) is 1. The summed E-state index contributed by atoms with van der Waals surface area (Å²) in [5, 5.41) is 2.91. The summed E-state index contributed by atoms with van der Waals surface area (Å²) in [5.41, 5.74) is 0. The Labute approximate surface area is 118 Å². The lowest BCUT2D eigenvalue weighted by Crippen LogP contribution is -2.17. The lowest BCUT2D eigenvalue weighted by molar-refractivity contribution is 0.177. The van der Waals surface area contributed by atoms with Gasteiger partial charge in [-0.1, -0.05) is 13.8 Å². The van der Waals surface area contributed by atoms with Crippen LogP contribution in [0, 0.1) is 5.92 Å². The van der Waals surface area contributed by atoms with Gasteiger partial charge in [-0.15, -0.1) is 0 Å². The minimum absolute atomic E-state index is 0.0535. The van der Waals surface area contributed by atoms with Crippen molar-refractivity contribution in [3.63, 3.8) is 0 Å². The van der Waals surface area contributed by atoms with E-state index in [0.29, 0.717) is 23.8 Å². The molecule has 2 aromatic rings. The van der Waals surface area contributed by atoms with Crippen LogP contribution in [0.2, 0.25) is 0 Å². The second kappa shape index (κ2) is 6.31. The van der Waals surface area contributed by atoms with E-state index in [4.69, 9.17) is 4.74 Å². The summed E-state index contributed by atoms with van der Waals surface area (Å²) in [7, 11) is 1.76. The number of imidazole rings is 1. The van der Waals surface area contributed by atoms with Gasteiger partial charge in [0.15, 0.2) is 0 Å². The zero-order valence-corrected chi connectivity index (χ0v) is 12.2. The molecule has 0 aromatic carbocycles. The quantitative estimate of drug-likeness (QED) is 0.868. The molecule has 2 rings (SSSR count). The minimum Gasteiger partial charge on any atom is -0.460 e. The van der Waals surface area contributed by atoms with Crippen LogP contribution in [0.25, 0.3) is 5.95 Å². The fourth-order valence-electron chi connectivity index (χ4n) is 1.90. The number of hydrogen-bond acceptors (Lipinski definition) is 6. The van der Waals surface area contributed by atoms with Crippen molar-refractivity contribution in [2.75, 3.05) is 12.4 Å². The SMILES string of the molecule is CNc1nc(OC(C)CC(C)C)nc(-n2ccnc2)n1. The van der Waals surface area contributed by atoms with E-state index in [2.05, 4.69) is 39.1 Å². The van der Waals surface area contributed by atoms with Crippen molar-refractivity contribution in [3.05, 3.63) is 18.7 Å². The Morgan fingerprint density at radius 2 is 2.05 bits per heavy atom. The van der Waals surface area contributed by atoms with Gasteiger partial charge in [0.1, 0.15) is 6.33 Å². The Morgan fingerprint density at radius 3 is 2.65 bits per heavy atom. The highest BCUT2D eigenvalue weighted by atomic mass is 16.5. The number of nitrogens with one attached hydrogen (secondary N) is 1. The van der Waals surface area contributed by atoms with Crippen molar-refractivity contribution in [1.29, 1.82) is 0 Å². The summed E-state index contributed by atoms with van der Waals surface area (Å²) in [6, 6.07) is 0.321. The van der Waals surface area contributed by atoms with E-state index < -0.39 is 0 Å². The van der Waals surface area contributed by atoms with Crippen LogP contribution in [0.5, 0.6) is 6.01 Å². The van der Waals surface area contributed by atoms with Crippen molar-refractivity contribution >= 4 is 5.95 Å². The molecular weight excluding hydrogens is 256 g/mol. The van der Waals surface area contributed by atoms with Crippen molar-refractivity contribution in [1.82, 2.24) is 24.5 Å². The van der Waals surface area contributed by atoms with Crippen LogP contribution < -0.4 is 10.1 Å². The van der Waals surface area contributed by atoms with Crippen molar-refractivity contribution < 1.29 is 4.74 Å². The van der Waals surface area contributed by atoms with Gasteiger partial charge < -0.3 is 10.1 Å². The zero-order valence-electron chi connectivity index (χ0n) is 12.2. The maximum Gasteiger partial charge on any atom is 0.323 e. The monoisotopic (exact) mass is 276 g/mol. The van der Waals surface area contributed by atoms with E-state index in [1.165, 1.54) is 0 Å². The normalized spacial score (nSPS) is 12.4. The van der Waals surface area contributed by atoms with Gasteiger partial charge in [0.2, 0.25) is 11.9 Å². The van der Waals surface area contributed by atoms with E-state index in [9.17, 15) is 0 Å². The highest BCUT2D eigenvalue weighted by Crippen LogP contribution is 2.14. The summed E-state index contributed by atoms with van der Waals surface area (Å²) in [5.74, 6) is 1.51. The third-order valence-electron chi connectivity index (χ3n) is 2.67. The van der Waals surface area contributed by atoms with Crippen LogP contribution in [-0.4, -0.2) is 37.7 Å². The van der Waals surface area contributed by atoms with Crippen molar-refractivity contribution in [2.45, 2.75) is 33.3 Å². The van der Waals surface area contributed by atoms with E-state index >= 15 is 0 Å². The summed E-state index contributed by atoms with van der Waals surface area (Å²) in [6.07, 6.45) is 6.08. The van der Waals surface area contributed by atoms with Gasteiger partial charge in [-0.05, 0) is 19.3 Å². The molecular formula is C13H20N6O. The van der Waals surface area contributed by atoms with Gasteiger partial charge in [0, 0.05) is 19.4 Å². The average molecular weight is 276 g/mol. The summed E-state index contributed by atoms with van der Waals surface area (Å²) in [4.78, 5) is 16.8. The molecule has 1 atom stereocenters. The van der Waals surface area contributed by atoms with Crippen LogP contribution >= 0.6 is 0 Å². The van der Waals surface area contributed by atoms with Crippen LogP contribution in [0.1, 0.15) is 27.2 Å². The lowest BCUT2D eigenvalue weighted by Gasteiger charge is -2.15. The Bertz CT molecular complexity index is 540. The third-order valence-corrected chi connectivity index (χ3v) is 2.67. The summed E-state index contributed by atoms with van der Waals surface area (Å²) < 4.78 is 7.48. The van der Waals surface area contributed by atoms with Gasteiger partial charge in [0.05, 0.1) is 6.10 Å². The second-order valence-corrected chi connectivity index (χ2v) is 5.02. The Balaban J connectivity index is 2.22. The van der Waals surface area contributed by atoms with Gasteiger partial charge >= 0.3 is 6.01 Å². The molecule has 1 N–H and O–H groups in total. The molecule has 1 unspecified atom stereocenters. The number of anilines is 1. The van der Waals surface area contributed by atoms with E-state index in [0.717, 1.165) is 6.42 Å². The molecule has 0 saturated heterocycles. The molecule has 2 aromatic heterocycles. The zero-order chi connectivity index (χ0) is 14.5. The van der Waals surface area contributed by atoms with Crippen LogP contribution in [0.3, 0.4) is 0 Å². The van der Waals surface area contributed by atoms with Gasteiger partial charge in [-0.25, -0.2) is 4.98 Å². The Kier molecular flexibility index (Phi) is 4.49. The fourth-order valence-corrected chi connectivity index (χ4v) is 1.90. The van der Waals surface area contributed by atoms with Crippen LogP contribution in [0.15, 0.2) is 18.7 Å². The molecule has 0 saturated carbocycles. The summed E-state index contributed by atoms with van der Waals surface area (Å²) >= 11 is 0. The molecule has 0 fully saturated rings. The molecule has 0 aliphatic carbocycles. The maximum absolute atomic E-state index is 5.77. The van der Waals surface area contributed by atoms with Crippen LogP contribution in [-0.2, 0) is 0 Å². The largest absolute Gasteiger partial charge is 0.460 e. The standard InChI is InChI=1S/C13H20N6O/c1-9(2)7-10(3)20-13-17-11(14-4)16-12(18-13)19-6-5-15-8-19/h5-6,8-10H,7H2,1-4H3,(H,14,16,17,18). The number of nitrogens with zero attached hydrogens (tertiary/aromatic N) is 5. The van der Waals surface area contributed by atoms with Gasteiger partial charge in [0.25, 0.3) is 0 Å². The van der Waals surface area contributed by atoms with Crippen molar-refractivity contribution in [3.8, 4) is 12.0 Å². The topological polar surface area (TPSA) is 77.8 Å². The highest BCUT2D eigenvalue weighted by Gasteiger charge is 2.12. The molecule has 0 radical (unpaired) electrons. The van der Waals surface area contributed by atoms with Gasteiger partial charge in [-0.2, -0.15) is 15.0 Å². The van der Waals surface area contributed by atoms with Gasteiger partial charge in [-0.3, -0.25) is 4.57 Å². The highest BCUT2D eigenvalue weighted by molar-refractivity contribution is 5.29. The molecule has 7 nitrogen and oxygen atoms in total. The first-order valence-corrected chi connectivity index (χ1v) is 6.67. The average Bonchev–Trinajstić information content (AvgIpc) is 2.91. The molecule has 2 heterocycles. The van der Waals surface area contributed by atoms with E-state index in [1.807, 2.05) is 6.92 Å². The smallest absolute Gasteiger partial charge is 0.323 e. The lowest BCUT2D eigenvalue weighted by atomic mass is 10.1. The number of rotatable bonds is 6. The van der Waals surface area contributed by atoms with E-state index in [1.54, 1.807) is 30.3 Å². The first-order chi connectivity index (χ1) is 9.58. The molecule has 7 heteroatoms. The fraction of sp³-hybridized carbons (Fsp3) is 0.538. The predicted octanol–water partition coefficient (Wildman–Crippen LogP) is 1.91. The third kappa shape index (κ3) is 3.66. The van der Waals surface area contributed by atoms with E-state index in [-0.39, 0.29) is 6.10 Å². The molecule has 0 aliphatic heterocycles. The molecule has 0 amide bonds.